The molecule has 0 amide bonds. The van der Waals surface area contributed by atoms with Gasteiger partial charge >= 0.3 is 0 Å². The van der Waals surface area contributed by atoms with E-state index < -0.39 is 0 Å². The van der Waals surface area contributed by atoms with Gasteiger partial charge in [0, 0.05) is 12.3 Å². The summed E-state index contributed by atoms with van der Waals surface area (Å²) in [7, 11) is 0. The van der Waals surface area contributed by atoms with Crippen molar-refractivity contribution in [3.05, 3.63) is 0 Å². The Hall–Kier alpha value is -0.370. The number of rotatable bonds is 5. The molecule has 0 heterocycles. The van der Waals surface area contributed by atoms with Gasteiger partial charge in [-0.05, 0) is 33.1 Å². The van der Waals surface area contributed by atoms with Gasteiger partial charge in [0.15, 0.2) is 0 Å². The highest BCUT2D eigenvalue weighted by molar-refractivity contribution is 5.81. The maximum absolute atomic E-state index is 11.7. The first kappa shape index (κ1) is 11.7. The Morgan fingerprint density at radius 1 is 1.29 bits per heavy atom. The van der Waals surface area contributed by atoms with E-state index in [2.05, 4.69) is 0 Å². The first-order valence-corrected chi connectivity index (χ1v) is 5.66. The van der Waals surface area contributed by atoms with Crippen molar-refractivity contribution < 1.29 is 9.53 Å². The zero-order chi connectivity index (χ0) is 10.8. The van der Waals surface area contributed by atoms with Gasteiger partial charge in [-0.2, -0.15) is 0 Å². The van der Waals surface area contributed by atoms with Gasteiger partial charge in [0.2, 0.25) is 0 Å². The molecule has 0 spiro atoms. The molecular weight excluding hydrogens is 176 g/mol. The van der Waals surface area contributed by atoms with Crippen LogP contribution in [0.2, 0.25) is 0 Å². The predicted octanol–water partition coefficient (Wildman–Crippen LogP) is 2.95. The van der Waals surface area contributed by atoms with Crippen molar-refractivity contribution in [1.82, 2.24) is 0 Å². The third-order valence-electron chi connectivity index (χ3n) is 2.89. The predicted molar refractivity (Wildman–Crippen MR) is 57.3 cm³/mol. The zero-order valence-corrected chi connectivity index (χ0v) is 9.80. The summed E-state index contributed by atoms with van der Waals surface area (Å²) in [4.78, 5) is 11.7. The van der Waals surface area contributed by atoms with Gasteiger partial charge in [-0.15, -0.1) is 0 Å². The second-order valence-corrected chi connectivity index (χ2v) is 5.00. The van der Waals surface area contributed by atoms with E-state index in [-0.39, 0.29) is 17.6 Å². The molecular formula is C12H22O2. The summed E-state index contributed by atoms with van der Waals surface area (Å²) in [5.74, 6) is 0.480. The Balaban J connectivity index is 2.49. The fourth-order valence-corrected chi connectivity index (χ4v) is 1.93. The zero-order valence-electron chi connectivity index (χ0n) is 9.80. The van der Waals surface area contributed by atoms with E-state index in [0.717, 1.165) is 12.8 Å². The lowest BCUT2D eigenvalue weighted by Crippen LogP contribution is -2.44. The minimum atomic E-state index is -0.102. The summed E-state index contributed by atoms with van der Waals surface area (Å²) in [5, 5.41) is 0. The number of hydrogen-bond donors (Lipinski definition) is 0. The smallest absolute Gasteiger partial charge is 0.138 e. The number of carbonyl (C=O) groups is 1. The Bertz CT molecular complexity index is 202. The molecule has 14 heavy (non-hydrogen) atoms. The van der Waals surface area contributed by atoms with Crippen molar-refractivity contribution >= 4 is 5.78 Å². The van der Waals surface area contributed by atoms with Gasteiger partial charge in [-0.3, -0.25) is 4.79 Å². The lowest BCUT2D eigenvalue weighted by atomic mass is 9.75. The molecule has 0 radical (unpaired) electrons. The van der Waals surface area contributed by atoms with Crippen molar-refractivity contribution in [2.24, 2.45) is 5.92 Å². The second-order valence-electron chi connectivity index (χ2n) is 5.00. The van der Waals surface area contributed by atoms with Crippen molar-refractivity contribution in [2.45, 2.75) is 65.1 Å². The van der Waals surface area contributed by atoms with Gasteiger partial charge in [0.25, 0.3) is 0 Å². The molecule has 1 rings (SSSR count). The Labute approximate surface area is 87.0 Å². The van der Waals surface area contributed by atoms with Crippen LogP contribution in [-0.4, -0.2) is 17.5 Å². The average Bonchev–Trinajstić information content (AvgIpc) is 1.99. The van der Waals surface area contributed by atoms with Gasteiger partial charge in [0.1, 0.15) is 5.78 Å². The van der Waals surface area contributed by atoms with Crippen molar-refractivity contribution in [2.75, 3.05) is 0 Å². The Kier molecular flexibility index (Phi) is 3.71. The van der Waals surface area contributed by atoms with E-state index in [1.807, 2.05) is 27.7 Å². The van der Waals surface area contributed by atoms with Gasteiger partial charge in [-0.1, -0.05) is 13.8 Å². The first-order valence-electron chi connectivity index (χ1n) is 5.66. The fourth-order valence-electron chi connectivity index (χ4n) is 1.93. The van der Waals surface area contributed by atoms with Crippen molar-refractivity contribution in [3.63, 3.8) is 0 Å². The molecule has 1 fully saturated rings. The summed E-state index contributed by atoms with van der Waals surface area (Å²) in [6, 6.07) is 0. The molecule has 0 bridgehead atoms. The minimum absolute atomic E-state index is 0.102. The molecule has 0 aromatic carbocycles. The molecule has 0 N–H and O–H groups in total. The highest BCUT2D eigenvalue weighted by atomic mass is 16.5. The van der Waals surface area contributed by atoms with Crippen LogP contribution in [0.1, 0.15) is 53.4 Å². The molecule has 0 unspecified atom stereocenters. The molecule has 0 atom stereocenters. The number of hydrogen-bond acceptors (Lipinski definition) is 2. The summed E-state index contributed by atoms with van der Waals surface area (Å²) < 4.78 is 5.87. The van der Waals surface area contributed by atoms with Crippen LogP contribution in [-0.2, 0) is 9.53 Å². The average molecular weight is 198 g/mol. The number of carbonyl (C=O) groups excluding carboxylic acids is 1. The normalized spacial score (nSPS) is 19.9. The van der Waals surface area contributed by atoms with E-state index in [1.54, 1.807) is 0 Å². The maximum Gasteiger partial charge on any atom is 0.138 e. The molecule has 0 aliphatic heterocycles. The molecule has 1 saturated carbocycles. The van der Waals surface area contributed by atoms with Crippen LogP contribution in [0.4, 0.5) is 0 Å². The van der Waals surface area contributed by atoms with Crippen LogP contribution in [0.5, 0.6) is 0 Å². The summed E-state index contributed by atoms with van der Waals surface area (Å²) in [6.07, 6.45) is 4.17. The molecule has 0 saturated heterocycles. The molecule has 82 valence electrons. The lowest BCUT2D eigenvalue weighted by Gasteiger charge is -2.43. The Morgan fingerprint density at radius 2 is 1.86 bits per heavy atom. The third kappa shape index (κ3) is 2.81. The van der Waals surface area contributed by atoms with Crippen molar-refractivity contribution in [3.8, 4) is 0 Å². The van der Waals surface area contributed by atoms with Gasteiger partial charge in [-0.25, -0.2) is 0 Å². The van der Waals surface area contributed by atoms with E-state index >= 15 is 0 Å². The van der Waals surface area contributed by atoms with Crippen LogP contribution < -0.4 is 0 Å². The van der Waals surface area contributed by atoms with E-state index in [1.165, 1.54) is 6.42 Å². The van der Waals surface area contributed by atoms with Crippen LogP contribution in [0.3, 0.4) is 0 Å². The highest BCUT2D eigenvalue weighted by Crippen LogP contribution is 2.40. The third-order valence-corrected chi connectivity index (χ3v) is 2.89. The molecule has 1 aliphatic rings. The molecule has 0 aromatic heterocycles. The SMILES string of the molecule is CC(C)OC1(CC(=O)C(C)C)CCC1. The number of Topliss-reactive ketones (excluding diaryl/α,β-unsaturated/α-hetero) is 1. The van der Waals surface area contributed by atoms with E-state index in [9.17, 15) is 4.79 Å². The quantitative estimate of drug-likeness (QED) is 0.679. The number of ether oxygens (including phenoxy) is 1. The highest BCUT2D eigenvalue weighted by Gasteiger charge is 2.40. The summed E-state index contributed by atoms with van der Waals surface area (Å²) >= 11 is 0. The van der Waals surface area contributed by atoms with Crippen molar-refractivity contribution in [1.29, 1.82) is 0 Å². The number of ketones is 1. The fraction of sp³-hybridized carbons (Fsp3) is 0.917. The first-order chi connectivity index (χ1) is 6.45. The molecule has 0 aromatic rings. The molecule has 1 aliphatic carbocycles. The van der Waals surface area contributed by atoms with Gasteiger partial charge < -0.3 is 4.74 Å². The standard InChI is InChI=1S/C12H22O2/c1-9(2)11(13)8-12(6-5-7-12)14-10(3)4/h9-10H,5-8H2,1-4H3. The molecule has 2 nitrogen and oxygen atoms in total. The van der Waals surface area contributed by atoms with Crippen LogP contribution in [0, 0.1) is 5.92 Å². The largest absolute Gasteiger partial charge is 0.372 e. The van der Waals surface area contributed by atoms with Gasteiger partial charge in [0.05, 0.1) is 11.7 Å². The van der Waals surface area contributed by atoms with Crippen LogP contribution in [0.25, 0.3) is 0 Å². The van der Waals surface area contributed by atoms with Crippen LogP contribution >= 0.6 is 0 Å². The maximum atomic E-state index is 11.7. The Morgan fingerprint density at radius 3 is 2.14 bits per heavy atom. The lowest BCUT2D eigenvalue weighted by molar-refractivity contribution is -0.150. The van der Waals surface area contributed by atoms with E-state index in [0.29, 0.717) is 12.2 Å². The van der Waals surface area contributed by atoms with Crippen LogP contribution in [0.15, 0.2) is 0 Å². The monoisotopic (exact) mass is 198 g/mol. The second kappa shape index (κ2) is 4.43. The summed E-state index contributed by atoms with van der Waals surface area (Å²) in [5.41, 5.74) is -0.102. The molecule has 2 heteroatoms. The summed E-state index contributed by atoms with van der Waals surface area (Å²) in [6.45, 7) is 8.01. The van der Waals surface area contributed by atoms with E-state index in [4.69, 9.17) is 4.74 Å². The minimum Gasteiger partial charge on any atom is -0.372 e. The topological polar surface area (TPSA) is 26.3 Å².